The fourth-order valence-corrected chi connectivity index (χ4v) is 4.19. The van der Waals surface area contributed by atoms with Crippen LogP contribution in [0.4, 0.5) is 19.1 Å². The molecule has 4 rings (SSSR count). The molecule has 9 heteroatoms. The summed E-state index contributed by atoms with van der Waals surface area (Å²) < 4.78 is 40.0. The van der Waals surface area contributed by atoms with Crippen molar-refractivity contribution in [3.8, 4) is 0 Å². The van der Waals surface area contributed by atoms with Gasteiger partial charge in [-0.15, -0.1) is 0 Å². The molecule has 156 valence electrons. The number of anilines is 1. The van der Waals surface area contributed by atoms with E-state index in [1.54, 1.807) is 0 Å². The summed E-state index contributed by atoms with van der Waals surface area (Å²) in [7, 11) is 0. The fourth-order valence-electron chi connectivity index (χ4n) is 4.19. The second-order valence-electron chi connectivity index (χ2n) is 7.54. The van der Waals surface area contributed by atoms with Gasteiger partial charge in [0.2, 0.25) is 5.95 Å². The number of hydrogen-bond donors (Lipinski definition) is 2. The monoisotopic (exact) mass is 408 g/mol. The van der Waals surface area contributed by atoms with Crippen LogP contribution in [-0.4, -0.2) is 27.7 Å². The van der Waals surface area contributed by atoms with Gasteiger partial charge in [-0.05, 0) is 37.5 Å². The number of fused-ring (bicyclic) bond motifs is 1. The molecule has 1 aromatic carbocycles. The molecule has 2 unspecified atom stereocenters. The Morgan fingerprint density at radius 2 is 2.00 bits per heavy atom. The fraction of sp³-hybridized carbons (Fsp3) is 0.500. The van der Waals surface area contributed by atoms with E-state index < -0.39 is 18.0 Å². The third-order valence-electron chi connectivity index (χ3n) is 5.62. The number of alkyl halides is 3. The summed E-state index contributed by atoms with van der Waals surface area (Å²) in [5, 5.41) is 13.4. The summed E-state index contributed by atoms with van der Waals surface area (Å²) in [5.74, 6) is 0.382. The highest BCUT2D eigenvalue weighted by molar-refractivity contribution is 5.43. The van der Waals surface area contributed by atoms with Gasteiger partial charge in [0, 0.05) is 26.1 Å². The largest absolute Gasteiger partial charge is 0.416 e. The van der Waals surface area contributed by atoms with E-state index in [0.717, 1.165) is 42.8 Å². The van der Waals surface area contributed by atoms with E-state index in [-0.39, 0.29) is 11.6 Å². The van der Waals surface area contributed by atoms with Crippen molar-refractivity contribution in [2.75, 3.05) is 18.0 Å². The smallest absolute Gasteiger partial charge is 0.373 e. The lowest BCUT2D eigenvalue weighted by Crippen LogP contribution is -2.40. The van der Waals surface area contributed by atoms with Gasteiger partial charge in [0.15, 0.2) is 0 Å². The zero-order valence-corrected chi connectivity index (χ0v) is 16.0. The van der Waals surface area contributed by atoms with Crippen LogP contribution in [0.3, 0.4) is 0 Å². The first-order valence-corrected chi connectivity index (χ1v) is 9.74. The Labute approximate surface area is 166 Å². The van der Waals surface area contributed by atoms with Crippen LogP contribution in [0.2, 0.25) is 0 Å². The minimum atomic E-state index is -4.38. The molecule has 1 saturated heterocycles. The highest BCUT2D eigenvalue weighted by Gasteiger charge is 2.34. The number of halogens is 3. The number of rotatable bonds is 3. The minimum absolute atomic E-state index is 0.200. The van der Waals surface area contributed by atoms with Crippen LogP contribution in [0.15, 0.2) is 29.1 Å². The Bertz CT molecular complexity index is 954. The van der Waals surface area contributed by atoms with E-state index in [0.29, 0.717) is 31.0 Å². The van der Waals surface area contributed by atoms with Crippen LogP contribution in [0, 0.1) is 0 Å². The van der Waals surface area contributed by atoms with E-state index in [9.17, 15) is 23.1 Å². The summed E-state index contributed by atoms with van der Waals surface area (Å²) in [6.07, 6.45) is -3.27. The Hall–Kier alpha value is -2.39. The first-order valence-electron chi connectivity index (χ1n) is 9.74. The lowest BCUT2D eigenvalue weighted by molar-refractivity contribution is -0.137. The Balaban J connectivity index is 1.76. The standard InChI is InChI=1S/C20H23F3N4O2/c1-12(28)27-18(29)15-11-24-9-8-16(15)25-19(27)26-10-2-3-17(26)13-4-6-14(7-5-13)20(21,22)23/h4-7,12,17,24,28H,2-3,8-11H2,1H3. The third kappa shape index (κ3) is 3.64. The summed E-state index contributed by atoms with van der Waals surface area (Å²) in [6.45, 7) is 3.26. The van der Waals surface area contributed by atoms with Crippen LogP contribution in [0.1, 0.15) is 54.4 Å². The number of nitrogens with one attached hydrogen (secondary N) is 1. The Morgan fingerprint density at radius 1 is 1.28 bits per heavy atom. The first-order chi connectivity index (χ1) is 13.8. The van der Waals surface area contributed by atoms with Crippen LogP contribution in [0.25, 0.3) is 0 Å². The van der Waals surface area contributed by atoms with Gasteiger partial charge in [-0.3, -0.25) is 9.36 Å². The van der Waals surface area contributed by atoms with Gasteiger partial charge in [-0.1, -0.05) is 12.1 Å². The summed E-state index contributed by atoms with van der Waals surface area (Å²) >= 11 is 0. The van der Waals surface area contributed by atoms with Crippen molar-refractivity contribution < 1.29 is 18.3 Å². The van der Waals surface area contributed by atoms with Crippen molar-refractivity contribution in [3.05, 3.63) is 57.0 Å². The van der Waals surface area contributed by atoms with Gasteiger partial charge < -0.3 is 15.3 Å². The van der Waals surface area contributed by atoms with E-state index in [1.807, 2.05) is 4.90 Å². The molecule has 0 radical (unpaired) electrons. The van der Waals surface area contributed by atoms with E-state index in [1.165, 1.54) is 23.6 Å². The molecule has 29 heavy (non-hydrogen) atoms. The van der Waals surface area contributed by atoms with E-state index in [4.69, 9.17) is 4.98 Å². The van der Waals surface area contributed by atoms with Crippen molar-refractivity contribution in [2.24, 2.45) is 0 Å². The number of hydrogen-bond acceptors (Lipinski definition) is 5. The lowest BCUT2D eigenvalue weighted by Gasteiger charge is -2.31. The van der Waals surface area contributed by atoms with Crippen LogP contribution in [-0.2, 0) is 19.1 Å². The normalized spacial score (nSPS) is 20.6. The molecule has 0 amide bonds. The molecule has 3 heterocycles. The van der Waals surface area contributed by atoms with Crippen LogP contribution >= 0.6 is 0 Å². The Morgan fingerprint density at radius 3 is 2.66 bits per heavy atom. The molecule has 1 fully saturated rings. The molecule has 6 nitrogen and oxygen atoms in total. The van der Waals surface area contributed by atoms with Crippen molar-refractivity contribution in [1.82, 2.24) is 14.9 Å². The van der Waals surface area contributed by atoms with Gasteiger partial charge in [0.05, 0.1) is 22.9 Å². The SMILES string of the molecule is CC(O)n1c(N2CCCC2c2ccc(C(F)(F)F)cc2)nc2c(c1=O)CNCC2. The molecule has 2 aromatic rings. The maximum atomic E-state index is 13.0. The predicted molar refractivity (Wildman–Crippen MR) is 102 cm³/mol. The van der Waals surface area contributed by atoms with Crippen LogP contribution in [0.5, 0.6) is 0 Å². The molecule has 2 N–H and O–H groups in total. The summed E-state index contributed by atoms with van der Waals surface area (Å²) in [5.41, 5.74) is 1.06. The minimum Gasteiger partial charge on any atom is -0.373 e. The van der Waals surface area contributed by atoms with Gasteiger partial charge in [0.25, 0.3) is 5.56 Å². The second-order valence-corrected chi connectivity index (χ2v) is 7.54. The molecule has 2 atom stereocenters. The van der Waals surface area contributed by atoms with E-state index in [2.05, 4.69) is 5.32 Å². The highest BCUT2D eigenvalue weighted by atomic mass is 19.4. The zero-order chi connectivity index (χ0) is 20.8. The van der Waals surface area contributed by atoms with E-state index >= 15 is 0 Å². The number of benzene rings is 1. The maximum absolute atomic E-state index is 13.0. The van der Waals surface area contributed by atoms with Gasteiger partial charge in [-0.2, -0.15) is 13.2 Å². The van der Waals surface area contributed by atoms with Crippen molar-refractivity contribution in [2.45, 2.75) is 51.2 Å². The van der Waals surface area contributed by atoms with Gasteiger partial charge in [0.1, 0.15) is 6.23 Å². The summed E-state index contributed by atoms with van der Waals surface area (Å²) in [6, 6.07) is 4.94. The van der Waals surface area contributed by atoms with Gasteiger partial charge >= 0.3 is 6.18 Å². The number of nitrogens with zero attached hydrogens (tertiary/aromatic N) is 3. The number of aliphatic hydroxyl groups excluding tert-OH is 1. The summed E-state index contributed by atoms with van der Waals surface area (Å²) in [4.78, 5) is 19.7. The van der Waals surface area contributed by atoms with Gasteiger partial charge in [-0.25, -0.2) is 4.98 Å². The third-order valence-corrected chi connectivity index (χ3v) is 5.62. The van der Waals surface area contributed by atoms with Crippen molar-refractivity contribution in [3.63, 3.8) is 0 Å². The second kappa shape index (κ2) is 7.46. The van der Waals surface area contributed by atoms with Crippen molar-refractivity contribution in [1.29, 1.82) is 0 Å². The molecule has 0 saturated carbocycles. The number of aliphatic hydroxyl groups is 1. The molecule has 0 aliphatic carbocycles. The average molecular weight is 408 g/mol. The topological polar surface area (TPSA) is 70.4 Å². The molecule has 2 aliphatic rings. The molecule has 1 aromatic heterocycles. The lowest BCUT2D eigenvalue weighted by atomic mass is 10.0. The maximum Gasteiger partial charge on any atom is 0.416 e. The molecule has 0 bridgehead atoms. The average Bonchev–Trinajstić information content (AvgIpc) is 3.16. The zero-order valence-electron chi connectivity index (χ0n) is 16.0. The molecular weight excluding hydrogens is 385 g/mol. The number of aromatic nitrogens is 2. The molecular formula is C20H23F3N4O2. The highest BCUT2D eigenvalue weighted by Crippen LogP contribution is 2.37. The van der Waals surface area contributed by atoms with Crippen LogP contribution < -0.4 is 15.8 Å². The first kappa shape index (κ1) is 19.9. The molecule has 2 aliphatic heterocycles. The van der Waals surface area contributed by atoms with Crippen molar-refractivity contribution >= 4 is 5.95 Å². The quantitative estimate of drug-likeness (QED) is 0.817. The molecule has 0 spiro atoms. The Kier molecular flexibility index (Phi) is 5.12. The predicted octanol–water partition coefficient (Wildman–Crippen LogP) is 2.76.